The third kappa shape index (κ3) is 4.90. The van der Waals surface area contributed by atoms with Crippen LogP contribution < -0.4 is 11.1 Å². The molecule has 0 radical (unpaired) electrons. The van der Waals surface area contributed by atoms with Crippen LogP contribution in [0.3, 0.4) is 0 Å². The Morgan fingerprint density at radius 3 is 2.86 bits per heavy atom. The molecule has 2 rings (SSSR count). The van der Waals surface area contributed by atoms with Gasteiger partial charge in [0.2, 0.25) is 5.91 Å². The molecule has 1 aromatic carbocycles. The van der Waals surface area contributed by atoms with Crippen LogP contribution >= 0.6 is 0 Å². The van der Waals surface area contributed by atoms with Gasteiger partial charge in [0.25, 0.3) is 0 Å². The van der Waals surface area contributed by atoms with Crippen LogP contribution in [0, 0.1) is 6.92 Å². The molecule has 1 aromatic rings. The number of aryl methyl sites for hydroxylation is 1. The van der Waals surface area contributed by atoms with Gasteiger partial charge in [0, 0.05) is 30.9 Å². The second-order valence-electron chi connectivity index (χ2n) is 5.83. The molecule has 0 fully saturated rings. The van der Waals surface area contributed by atoms with Gasteiger partial charge in [-0.05, 0) is 57.0 Å². The Hall–Kier alpha value is -1.81. The summed E-state index contributed by atoms with van der Waals surface area (Å²) in [5.74, 6) is 0.0756. The highest BCUT2D eigenvalue weighted by molar-refractivity contribution is 5.91. The van der Waals surface area contributed by atoms with Crippen molar-refractivity contribution in [3.05, 3.63) is 35.4 Å². The second-order valence-corrected chi connectivity index (χ2v) is 5.83. The number of carbonyl (C=O) groups excluding carboxylic acids is 1. The van der Waals surface area contributed by atoms with E-state index in [1.165, 1.54) is 5.57 Å². The van der Waals surface area contributed by atoms with Crippen molar-refractivity contribution in [3.63, 3.8) is 0 Å². The minimum Gasteiger partial charge on any atom is -0.399 e. The summed E-state index contributed by atoms with van der Waals surface area (Å²) >= 11 is 0. The van der Waals surface area contributed by atoms with Gasteiger partial charge in [-0.1, -0.05) is 11.6 Å². The molecule has 0 saturated carbocycles. The number of nitrogens with zero attached hydrogens (tertiary/aromatic N) is 1. The van der Waals surface area contributed by atoms with Crippen LogP contribution in [0.15, 0.2) is 29.8 Å². The topological polar surface area (TPSA) is 58.4 Å². The first-order valence-corrected chi connectivity index (χ1v) is 7.58. The zero-order valence-electron chi connectivity index (χ0n) is 13.0. The van der Waals surface area contributed by atoms with E-state index in [0.29, 0.717) is 6.42 Å². The van der Waals surface area contributed by atoms with E-state index in [-0.39, 0.29) is 5.91 Å². The molecule has 1 aliphatic rings. The number of carbonyl (C=O) groups is 1. The molecule has 1 aliphatic heterocycles. The van der Waals surface area contributed by atoms with Gasteiger partial charge in [-0.2, -0.15) is 0 Å². The van der Waals surface area contributed by atoms with Crippen LogP contribution in [-0.4, -0.2) is 30.4 Å². The Labute approximate surface area is 127 Å². The van der Waals surface area contributed by atoms with E-state index < -0.39 is 0 Å². The summed E-state index contributed by atoms with van der Waals surface area (Å²) < 4.78 is 0. The number of nitrogens with two attached hydrogens (primary N) is 1. The smallest absolute Gasteiger partial charge is 0.224 e. The second kappa shape index (κ2) is 7.27. The molecule has 0 bridgehead atoms. The van der Waals surface area contributed by atoms with Gasteiger partial charge in [-0.25, -0.2) is 0 Å². The summed E-state index contributed by atoms with van der Waals surface area (Å²) in [4.78, 5) is 14.4. The van der Waals surface area contributed by atoms with E-state index in [0.717, 1.165) is 49.4 Å². The molecule has 0 saturated heterocycles. The number of benzene rings is 1. The first-order chi connectivity index (χ1) is 10.0. The standard InChI is InChI=1S/C17H25N3O/c1-13-7-10-20(11-8-13)9-3-4-17(21)19-16-6-5-15(18)12-14(16)2/h5-7,12H,3-4,8-11,18H2,1-2H3,(H,19,21). The van der Waals surface area contributed by atoms with Gasteiger partial charge in [0.1, 0.15) is 0 Å². The predicted molar refractivity (Wildman–Crippen MR) is 88.3 cm³/mol. The summed E-state index contributed by atoms with van der Waals surface area (Å²) in [5, 5.41) is 2.96. The monoisotopic (exact) mass is 287 g/mol. The van der Waals surface area contributed by atoms with Crippen LogP contribution in [0.1, 0.15) is 31.7 Å². The maximum Gasteiger partial charge on any atom is 0.224 e. The van der Waals surface area contributed by atoms with E-state index in [1.807, 2.05) is 25.1 Å². The van der Waals surface area contributed by atoms with Crippen LogP contribution in [0.25, 0.3) is 0 Å². The maximum absolute atomic E-state index is 12.0. The van der Waals surface area contributed by atoms with Crippen molar-refractivity contribution in [3.8, 4) is 0 Å². The molecule has 4 nitrogen and oxygen atoms in total. The normalized spacial score (nSPS) is 15.6. The molecule has 0 unspecified atom stereocenters. The lowest BCUT2D eigenvalue weighted by atomic mass is 10.1. The zero-order valence-corrected chi connectivity index (χ0v) is 13.0. The van der Waals surface area contributed by atoms with E-state index in [4.69, 9.17) is 5.73 Å². The zero-order chi connectivity index (χ0) is 15.2. The lowest BCUT2D eigenvalue weighted by Crippen LogP contribution is -2.30. The third-order valence-electron chi connectivity index (χ3n) is 3.92. The molecule has 0 aliphatic carbocycles. The van der Waals surface area contributed by atoms with Gasteiger partial charge in [-0.3, -0.25) is 9.69 Å². The molecule has 0 aromatic heterocycles. The van der Waals surface area contributed by atoms with Gasteiger partial charge in [0.05, 0.1) is 0 Å². The summed E-state index contributed by atoms with van der Waals surface area (Å²) in [6, 6.07) is 5.55. The van der Waals surface area contributed by atoms with Crippen LogP contribution in [-0.2, 0) is 4.79 Å². The third-order valence-corrected chi connectivity index (χ3v) is 3.92. The van der Waals surface area contributed by atoms with Crippen molar-refractivity contribution in [2.24, 2.45) is 0 Å². The van der Waals surface area contributed by atoms with Crippen molar-refractivity contribution < 1.29 is 4.79 Å². The highest BCUT2D eigenvalue weighted by atomic mass is 16.1. The summed E-state index contributed by atoms with van der Waals surface area (Å²) in [6.07, 6.45) is 4.88. The maximum atomic E-state index is 12.0. The molecule has 0 spiro atoms. The van der Waals surface area contributed by atoms with Gasteiger partial charge < -0.3 is 11.1 Å². The van der Waals surface area contributed by atoms with Crippen molar-refractivity contribution in [2.75, 3.05) is 30.7 Å². The van der Waals surface area contributed by atoms with E-state index >= 15 is 0 Å². The molecule has 1 amide bonds. The van der Waals surface area contributed by atoms with E-state index in [1.54, 1.807) is 0 Å². The lowest BCUT2D eigenvalue weighted by molar-refractivity contribution is -0.116. The number of nitrogen functional groups attached to an aromatic ring is 1. The Morgan fingerprint density at radius 2 is 2.19 bits per heavy atom. The van der Waals surface area contributed by atoms with Crippen molar-refractivity contribution in [1.82, 2.24) is 4.90 Å². The van der Waals surface area contributed by atoms with Crippen molar-refractivity contribution in [1.29, 1.82) is 0 Å². The average Bonchev–Trinajstić information content (AvgIpc) is 2.44. The Bertz CT molecular complexity index is 537. The number of nitrogens with one attached hydrogen (secondary N) is 1. The summed E-state index contributed by atoms with van der Waals surface area (Å²) in [5.41, 5.74) is 9.76. The first-order valence-electron chi connectivity index (χ1n) is 7.58. The Morgan fingerprint density at radius 1 is 1.38 bits per heavy atom. The van der Waals surface area contributed by atoms with E-state index in [9.17, 15) is 4.79 Å². The highest BCUT2D eigenvalue weighted by Crippen LogP contribution is 2.18. The lowest BCUT2D eigenvalue weighted by Gasteiger charge is -2.24. The number of anilines is 2. The Kier molecular flexibility index (Phi) is 5.39. The Balaban J connectivity index is 1.72. The molecular weight excluding hydrogens is 262 g/mol. The van der Waals surface area contributed by atoms with Crippen molar-refractivity contribution in [2.45, 2.75) is 33.1 Å². The van der Waals surface area contributed by atoms with Gasteiger partial charge in [-0.15, -0.1) is 0 Å². The highest BCUT2D eigenvalue weighted by Gasteiger charge is 2.10. The molecular formula is C17H25N3O. The molecule has 4 heteroatoms. The van der Waals surface area contributed by atoms with Crippen LogP contribution in [0.5, 0.6) is 0 Å². The average molecular weight is 287 g/mol. The quantitative estimate of drug-likeness (QED) is 0.646. The molecule has 21 heavy (non-hydrogen) atoms. The number of amides is 1. The summed E-state index contributed by atoms with van der Waals surface area (Å²) in [7, 11) is 0. The molecule has 0 atom stereocenters. The van der Waals surface area contributed by atoms with Gasteiger partial charge in [0.15, 0.2) is 0 Å². The minimum atomic E-state index is 0.0756. The minimum absolute atomic E-state index is 0.0756. The summed E-state index contributed by atoms with van der Waals surface area (Å²) in [6.45, 7) is 7.25. The van der Waals surface area contributed by atoms with Gasteiger partial charge >= 0.3 is 0 Å². The fourth-order valence-corrected chi connectivity index (χ4v) is 2.52. The largest absolute Gasteiger partial charge is 0.399 e. The molecule has 3 N–H and O–H groups in total. The van der Waals surface area contributed by atoms with E-state index in [2.05, 4.69) is 23.2 Å². The van der Waals surface area contributed by atoms with Crippen molar-refractivity contribution >= 4 is 17.3 Å². The van der Waals surface area contributed by atoms with Crippen LogP contribution in [0.2, 0.25) is 0 Å². The number of hydrogen-bond acceptors (Lipinski definition) is 3. The first kappa shape index (κ1) is 15.6. The number of rotatable bonds is 5. The number of hydrogen-bond donors (Lipinski definition) is 2. The van der Waals surface area contributed by atoms with Crippen LogP contribution in [0.4, 0.5) is 11.4 Å². The molecule has 1 heterocycles. The fraction of sp³-hybridized carbons (Fsp3) is 0.471. The molecule has 114 valence electrons. The fourth-order valence-electron chi connectivity index (χ4n) is 2.52. The predicted octanol–water partition coefficient (Wildman–Crippen LogP) is 2.95. The SMILES string of the molecule is CC1=CCN(CCCC(=O)Nc2ccc(N)cc2C)CC1.